The summed E-state index contributed by atoms with van der Waals surface area (Å²) in [5.41, 5.74) is 2.50. The fourth-order valence-corrected chi connectivity index (χ4v) is 2.24. The van der Waals surface area contributed by atoms with Crippen molar-refractivity contribution in [2.75, 3.05) is 0 Å². The van der Waals surface area contributed by atoms with Gasteiger partial charge in [-0.05, 0) is 49.2 Å². The summed E-state index contributed by atoms with van der Waals surface area (Å²) in [7, 11) is 0. The van der Waals surface area contributed by atoms with E-state index in [-0.39, 0.29) is 0 Å². The summed E-state index contributed by atoms with van der Waals surface area (Å²) >= 11 is 1.47. The molecule has 3 heteroatoms. The van der Waals surface area contributed by atoms with E-state index in [1.54, 1.807) is 6.07 Å². The van der Waals surface area contributed by atoms with E-state index in [2.05, 4.69) is 31.0 Å². The first kappa shape index (κ1) is 11.1. The number of hydrogen-bond donors (Lipinski definition) is 0. The minimum Gasteiger partial charge on any atom is -0.213 e. The van der Waals surface area contributed by atoms with E-state index < -0.39 is 5.95 Å². The van der Waals surface area contributed by atoms with E-state index in [1.807, 2.05) is 12.1 Å². The first-order valence-corrected chi connectivity index (χ1v) is 5.84. The van der Waals surface area contributed by atoms with Crippen LogP contribution in [0.1, 0.15) is 11.1 Å². The van der Waals surface area contributed by atoms with Gasteiger partial charge in [-0.3, -0.25) is 0 Å². The van der Waals surface area contributed by atoms with Gasteiger partial charge in [-0.25, -0.2) is 4.98 Å². The summed E-state index contributed by atoms with van der Waals surface area (Å²) in [6.07, 6.45) is 0. The molecule has 1 aromatic carbocycles. The van der Waals surface area contributed by atoms with Gasteiger partial charge in [-0.1, -0.05) is 23.9 Å². The molecule has 0 amide bonds. The molecule has 0 atom stereocenters. The first-order valence-electron chi connectivity index (χ1n) is 5.03. The van der Waals surface area contributed by atoms with Crippen LogP contribution < -0.4 is 0 Å². The molecule has 0 aliphatic heterocycles. The Kier molecular flexibility index (Phi) is 3.25. The molecule has 0 bridgehead atoms. The fraction of sp³-hybridized carbons (Fsp3) is 0.154. The molecule has 1 nitrogen and oxygen atoms in total. The van der Waals surface area contributed by atoms with Gasteiger partial charge < -0.3 is 0 Å². The number of halogens is 1. The molecule has 0 aliphatic carbocycles. The molecule has 0 aliphatic rings. The molecule has 16 heavy (non-hydrogen) atoms. The van der Waals surface area contributed by atoms with Gasteiger partial charge >= 0.3 is 0 Å². The van der Waals surface area contributed by atoms with Crippen LogP contribution >= 0.6 is 11.8 Å². The average molecular weight is 233 g/mol. The Morgan fingerprint density at radius 3 is 2.56 bits per heavy atom. The van der Waals surface area contributed by atoms with Crippen molar-refractivity contribution < 1.29 is 4.39 Å². The Hall–Kier alpha value is -1.35. The molecule has 2 rings (SSSR count). The second kappa shape index (κ2) is 4.66. The molecule has 82 valence electrons. The van der Waals surface area contributed by atoms with Crippen molar-refractivity contribution in [3.63, 3.8) is 0 Å². The van der Waals surface area contributed by atoms with Crippen LogP contribution in [0.3, 0.4) is 0 Å². The summed E-state index contributed by atoms with van der Waals surface area (Å²) in [4.78, 5) is 4.90. The van der Waals surface area contributed by atoms with Crippen LogP contribution in [-0.2, 0) is 0 Å². The highest BCUT2D eigenvalue weighted by Crippen LogP contribution is 2.27. The maximum Gasteiger partial charge on any atom is 0.213 e. The zero-order valence-electron chi connectivity index (χ0n) is 9.20. The van der Waals surface area contributed by atoms with Crippen LogP contribution in [0.5, 0.6) is 0 Å². The molecule has 0 radical (unpaired) electrons. The highest BCUT2D eigenvalue weighted by atomic mass is 32.2. The number of aryl methyl sites for hydroxylation is 2. The van der Waals surface area contributed by atoms with Crippen molar-refractivity contribution in [1.29, 1.82) is 0 Å². The van der Waals surface area contributed by atoms with Gasteiger partial charge in [-0.2, -0.15) is 4.39 Å². The number of aromatic nitrogens is 1. The van der Waals surface area contributed by atoms with Crippen LogP contribution in [0.15, 0.2) is 46.3 Å². The van der Waals surface area contributed by atoms with Crippen molar-refractivity contribution in [3.05, 3.63) is 53.5 Å². The molecule has 0 spiro atoms. The zero-order valence-corrected chi connectivity index (χ0v) is 10.0. The SMILES string of the molecule is Cc1ccc(Sc2cccc(F)n2)cc1C. The molecule has 0 saturated carbocycles. The number of rotatable bonds is 2. The Morgan fingerprint density at radius 1 is 1.06 bits per heavy atom. The summed E-state index contributed by atoms with van der Waals surface area (Å²) < 4.78 is 12.9. The summed E-state index contributed by atoms with van der Waals surface area (Å²) in [5, 5.41) is 0.684. The predicted octanol–water partition coefficient (Wildman–Crippen LogP) is 3.99. The van der Waals surface area contributed by atoms with Gasteiger partial charge in [0.2, 0.25) is 5.95 Å². The Balaban J connectivity index is 2.24. The van der Waals surface area contributed by atoms with Crippen LogP contribution in [-0.4, -0.2) is 4.98 Å². The average Bonchev–Trinajstić information content (AvgIpc) is 2.24. The second-order valence-electron chi connectivity index (χ2n) is 3.65. The van der Waals surface area contributed by atoms with E-state index in [4.69, 9.17) is 0 Å². The van der Waals surface area contributed by atoms with Crippen LogP contribution in [0.2, 0.25) is 0 Å². The van der Waals surface area contributed by atoms with Crippen LogP contribution in [0.25, 0.3) is 0 Å². The molecule has 0 unspecified atom stereocenters. The van der Waals surface area contributed by atoms with E-state index in [0.29, 0.717) is 5.03 Å². The number of pyridine rings is 1. The molecule has 2 aromatic rings. The summed E-state index contributed by atoms with van der Waals surface area (Å²) in [6.45, 7) is 4.14. The highest BCUT2D eigenvalue weighted by molar-refractivity contribution is 7.99. The van der Waals surface area contributed by atoms with Crippen LogP contribution in [0, 0.1) is 19.8 Å². The fourth-order valence-electron chi connectivity index (χ4n) is 1.34. The first-order chi connectivity index (χ1) is 7.65. The zero-order chi connectivity index (χ0) is 11.5. The van der Waals surface area contributed by atoms with Crippen molar-refractivity contribution in [3.8, 4) is 0 Å². The van der Waals surface area contributed by atoms with E-state index in [0.717, 1.165) is 4.90 Å². The normalized spacial score (nSPS) is 10.4. The molecule has 1 aromatic heterocycles. The summed E-state index contributed by atoms with van der Waals surface area (Å²) in [5.74, 6) is -0.436. The lowest BCUT2D eigenvalue weighted by atomic mass is 10.1. The van der Waals surface area contributed by atoms with Crippen molar-refractivity contribution in [2.45, 2.75) is 23.8 Å². The smallest absolute Gasteiger partial charge is 0.213 e. The molecule has 1 heterocycles. The van der Waals surface area contributed by atoms with Gasteiger partial charge in [0.05, 0.1) is 0 Å². The van der Waals surface area contributed by atoms with Gasteiger partial charge in [0.15, 0.2) is 0 Å². The number of nitrogens with zero attached hydrogens (tertiary/aromatic N) is 1. The van der Waals surface area contributed by atoms with Gasteiger partial charge in [0, 0.05) is 4.90 Å². The van der Waals surface area contributed by atoms with Gasteiger partial charge in [0.25, 0.3) is 0 Å². The lowest BCUT2D eigenvalue weighted by molar-refractivity contribution is 0.572. The number of benzene rings is 1. The summed E-state index contributed by atoms with van der Waals surface area (Å²) in [6, 6.07) is 11.0. The van der Waals surface area contributed by atoms with Gasteiger partial charge in [0.1, 0.15) is 5.03 Å². The molecule has 0 N–H and O–H groups in total. The number of hydrogen-bond acceptors (Lipinski definition) is 2. The maximum absolute atomic E-state index is 12.9. The quantitative estimate of drug-likeness (QED) is 0.727. The van der Waals surface area contributed by atoms with Gasteiger partial charge in [-0.15, -0.1) is 0 Å². The Morgan fingerprint density at radius 2 is 1.88 bits per heavy atom. The third-order valence-electron chi connectivity index (χ3n) is 2.39. The maximum atomic E-state index is 12.9. The van der Waals surface area contributed by atoms with E-state index >= 15 is 0 Å². The third-order valence-corrected chi connectivity index (χ3v) is 3.32. The third kappa shape index (κ3) is 2.61. The van der Waals surface area contributed by atoms with Crippen molar-refractivity contribution in [2.24, 2.45) is 0 Å². The van der Waals surface area contributed by atoms with Crippen molar-refractivity contribution in [1.82, 2.24) is 4.98 Å². The topological polar surface area (TPSA) is 12.9 Å². The minimum absolute atomic E-state index is 0.436. The lowest BCUT2D eigenvalue weighted by Crippen LogP contribution is -1.85. The van der Waals surface area contributed by atoms with E-state index in [1.165, 1.54) is 29.0 Å². The lowest BCUT2D eigenvalue weighted by Gasteiger charge is -2.04. The van der Waals surface area contributed by atoms with E-state index in [9.17, 15) is 4.39 Å². The monoisotopic (exact) mass is 233 g/mol. The van der Waals surface area contributed by atoms with Crippen molar-refractivity contribution >= 4 is 11.8 Å². The highest BCUT2D eigenvalue weighted by Gasteiger charge is 2.01. The molecule has 0 fully saturated rings. The predicted molar refractivity (Wildman–Crippen MR) is 64.2 cm³/mol. The minimum atomic E-state index is -0.436. The largest absolute Gasteiger partial charge is 0.213 e. The molecular weight excluding hydrogens is 221 g/mol. The second-order valence-corrected chi connectivity index (χ2v) is 4.74. The Bertz CT molecular complexity index is 511. The van der Waals surface area contributed by atoms with Crippen LogP contribution in [0.4, 0.5) is 4.39 Å². The standard InChI is InChI=1S/C13H12FNS/c1-9-6-7-11(8-10(9)2)16-13-5-3-4-12(14)15-13/h3-8H,1-2H3. The Labute approximate surface area is 98.7 Å². The molecule has 0 saturated heterocycles. The molecular formula is C13H12FNS.